The number of aromatic nitrogens is 2. The molecular formula is C16H19FN2O2. The molecule has 0 saturated carbocycles. The predicted molar refractivity (Wildman–Crippen MR) is 78.6 cm³/mol. The van der Waals surface area contributed by atoms with Gasteiger partial charge in [0, 0.05) is 5.56 Å². The van der Waals surface area contributed by atoms with Crippen LogP contribution in [-0.4, -0.2) is 22.4 Å². The smallest absolute Gasteiger partial charge is 0.341 e. The van der Waals surface area contributed by atoms with Crippen molar-refractivity contribution >= 4 is 5.97 Å². The molecule has 0 saturated heterocycles. The van der Waals surface area contributed by atoms with Crippen molar-refractivity contribution in [1.82, 2.24) is 9.78 Å². The van der Waals surface area contributed by atoms with Crippen LogP contribution in [0.3, 0.4) is 0 Å². The van der Waals surface area contributed by atoms with Crippen LogP contribution >= 0.6 is 0 Å². The number of nitrogens with zero attached hydrogens (tertiary/aromatic N) is 2. The van der Waals surface area contributed by atoms with Crippen LogP contribution in [0.15, 0.2) is 30.5 Å². The number of ether oxygens (including phenoxy) is 1. The van der Waals surface area contributed by atoms with E-state index in [1.165, 1.54) is 18.3 Å². The minimum Gasteiger partial charge on any atom is -0.462 e. The Labute approximate surface area is 123 Å². The first-order valence-corrected chi connectivity index (χ1v) is 6.86. The Bertz CT molecular complexity index is 639. The molecule has 2 rings (SSSR count). The van der Waals surface area contributed by atoms with Gasteiger partial charge in [0.1, 0.15) is 11.4 Å². The summed E-state index contributed by atoms with van der Waals surface area (Å²) in [6.45, 7) is 8.01. The first kappa shape index (κ1) is 15.2. The van der Waals surface area contributed by atoms with E-state index in [9.17, 15) is 9.18 Å². The maximum atomic E-state index is 13.1. The zero-order valence-electron chi connectivity index (χ0n) is 12.7. The average molecular weight is 290 g/mol. The molecule has 0 aliphatic rings. The van der Waals surface area contributed by atoms with Crippen LogP contribution in [0, 0.1) is 5.82 Å². The third-order valence-electron chi connectivity index (χ3n) is 3.02. The Morgan fingerprint density at radius 3 is 2.43 bits per heavy atom. The zero-order chi connectivity index (χ0) is 15.6. The first-order chi connectivity index (χ1) is 9.84. The molecule has 0 N–H and O–H groups in total. The van der Waals surface area contributed by atoms with Crippen LogP contribution in [0.25, 0.3) is 11.3 Å². The van der Waals surface area contributed by atoms with Gasteiger partial charge >= 0.3 is 5.97 Å². The lowest BCUT2D eigenvalue weighted by molar-refractivity contribution is 0.0527. The summed E-state index contributed by atoms with van der Waals surface area (Å²) in [4.78, 5) is 12.1. The minimum absolute atomic E-state index is 0.294. The lowest BCUT2D eigenvalue weighted by Crippen LogP contribution is -2.24. The highest BCUT2D eigenvalue weighted by Crippen LogP contribution is 2.29. The van der Waals surface area contributed by atoms with Gasteiger partial charge in [0.05, 0.1) is 24.0 Å². The highest BCUT2D eigenvalue weighted by atomic mass is 19.1. The van der Waals surface area contributed by atoms with Crippen molar-refractivity contribution in [2.24, 2.45) is 0 Å². The van der Waals surface area contributed by atoms with Crippen LogP contribution in [-0.2, 0) is 10.3 Å². The third kappa shape index (κ3) is 3.12. The predicted octanol–water partition coefficient (Wildman–Crippen LogP) is 3.62. The highest BCUT2D eigenvalue weighted by Gasteiger charge is 2.25. The normalized spacial score (nSPS) is 11.5. The van der Waals surface area contributed by atoms with E-state index in [1.54, 1.807) is 23.7 Å². The van der Waals surface area contributed by atoms with Crippen LogP contribution in [0.2, 0.25) is 0 Å². The standard InChI is InChI=1S/C16H19FN2O2/c1-5-21-15(20)13-10-18-19(16(2,3)4)14(13)11-6-8-12(17)9-7-11/h6-10H,5H2,1-4H3. The largest absolute Gasteiger partial charge is 0.462 e. The topological polar surface area (TPSA) is 44.1 Å². The summed E-state index contributed by atoms with van der Waals surface area (Å²) in [7, 11) is 0. The van der Waals surface area contributed by atoms with Gasteiger partial charge in [0.25, 0.3) is 0 Å². The summed E-state index contributed by atoms with van der Waals surface area (Å²) >= 11 is 0. The van der Waals surface area contributed by atoms with Gasteiger partial charge in [-0.3, -0.25) is 4.68 Å². The van der Waals surface area contributed by atoms with Crippen LogP contribution in [0.5, 0.6) is 0 Å². The fraction of sp³-hybridized carbons (Fsp3) is 0.375. The van der Waals surface area contributed by atoms with Crippen molar-refractivity contribution < 1.29 is 13.9 Å². The Morgan fingerprint density at radius 2 is 1.90 bits per heavy atom. The molecule has 0 aliphatic carbocycles. The molecule has 112 valence electrons. The number of halogens is 1. The maximum absolute atomic E-state index is 13.1. The van der Waals surface area contributed by atoms with Gasteiger partial charge in [0.15, 0.2) is 0 Å². The number of carbonyl (C=O) groups excluding carboxylic acids is 1. The molecule has 5 heteroatoms. The number of benzene rings is 1. The molecule has 0 amide bonds. The molecule has 0 fully saturated rings. The van der Waals surface area contributed by atoms with Gasteiger partial charge in [0.2, 0.25) is 0 Å². The molecule has 0 spiro atoms. The van der Waals surface area contributed by atoms with Crippen molar-refractivity contribution in [3.63, 3.8) is 0 Å². The quantitative estimate of drug-likeness (QED) is 0.811. The van der Waals surface area contributed by atoms with Crippen molar-refractivity contribution in [2.45, 2.75) is 33.2 Å². The molecule has 0 bridgehead atoms. The van der Waals surface area contributed by atoms with E-state index < -0.39 is 5.97 Å². The summed E-state index contributed by atoms with van der Waals surface area (Å²) in [5.74, 6) is -0.745. The minimum atomic E-state index is -0.424. The molecule has 4 nitrogen and oxygen atoms in total. The lowest BCUT2D eigenvalue weighted by atomic mass is 10.0. The SMILES string of the molecule is CCOC(=O)c1cnn(C(C)(C)C)c1-c1ccc(F)cc1. The monoisotopic (exact) mass is 290 g/mol. The van der Waals surface area contributed by atoms with E-state index in [-0.39, 0.29) is 11.4 Å². The van der Waals surface area contributed by atoms with Gasteiger partial charge in [-0.05, 0) is 52.0 Å². The van der Waals surface area contributed by atoms with Crippen LogP contribution < -0.4 is 0 Å². The van der Waals surface area contributed by atoms with E-state index >= 15 is 0 Å². The first-order valence-electron chi connectivity index (χ1n) is 6.86. The Hall–Kier alpha value is -2.17. The maximum Gasteiger partial charge on any atom is 0.341 e. The molecule has 0 unspecified atom stereocenters. The van der Waals surface area contributed by atoms with E-state index in [2.05, 4.69) is 5.10 Å². The number of carbonyl (C=O) groups is 1. The van der Waals surface area contributed by atoms with E-state index in [1.807, 2.05) is 20.8 Å². The third-order valence-corrected chi connectivity index (χ3v) is 3.02. The summed E-state index contributed by atoms with van der Waals surface area (Å²) in [5, 5.41) is 4.31. The average Bonchev–Trinajstić information content (AvgIpc) is 2.84. The van der Waals surface area contributed by atoms with Gasteiger partial charge in [-0.1, -0.05) is 0 Å². The molecule has 21 heavy (non-hydrogen) atoms. The van der Waals surface area contributed by atoms with E-state index in [0.29, 0.717) is 17.9 Å². The Balaban J connectivity index is 2.61. The second kappa shape index (κ2) is 5.68. The molecule has 0 atom stereocenters. The highest BCUT2D eigenvalue weighted by molar-refractivity contribution is 5.96. The summed E-state index contributed by atoms with van der Waals surface area (Å²) in [6, 6.07) is 6.00. The Kier molecular flexibility index (Phi) is 4.11. The van der Waals surface area contributed by atoms with Gasteiger partial charge in [-0.25, -0.2) is 9.18 Å². The number of hydrogen-bond donors (Lipinski definition) is 0. The van der Waals surface area contributed by atoms with E-state index in [4.69, 9.17) is 4.74 Å². The van der Waals surface area contributed by atoms with Gasteiger partial charge in [-0.15, -0.1) is 0 Å². The van der Waals surface area contributed by atoms with Crippen molar-refractivity contribution in [3.8, 4) is 11.3 Å². The summed E-state index contributed by atoms with van der Waals surface area (Å²) < 4.78 is 20.0. The second-order valence-electron chi connectivity index (χ2n) is 5.72. The second-order valence-corrected chi connectivity index (χ2v) is 5.72. The zero-order valence-corrected chi connectivity index (χ0v) is 12.7. The molecule has 2 aromatic rings. The molecular weight excluding hydrogens is 271 g/mol. The molecule has 1 heterocycles. The van der Waals surface area contributed by atoms with Gasteiger partial charge < -0.3 is 4.74 Å². The lowest BCUT2D eigenvalue weighted by Gasteiger charge is -2.23. The van der Waals surface area contributed by atoms with Crippen LogP contribution in [0.4, 0.5) is 4.39 Å². The number of esters is 1. The van der Waals surface area contributed by atoms with E-state index in [0.717, 1.165) is 5.56 Å². The fourth-order valence-electron chi connectivity index (χ4n) is 2.10. The molecule has 0 aliphatic heterocycles. The van der Waals surface area contributed by atoms with Crippen LogP contribution in [0.1, 0.15) is 38.1 Å². The molecule has 1 aromatic carbocycles. The van der Waals surface area contributed by atoms with Crippen molar-refractivity contribution in [2.75, 3.05) is 6.61 Å². The van der Waals surface area contributed by atoms with Crippen molar-refractivity contribution in [1.29, 1.82) is 0 Å². The van der Waals surface area contributed by atoms with Gasteiger partial charge in [-0.2, -0.15) is 5.10 Å². The summed E-state index contributed by atoms with van der Waals surface area (Å²) in [5.41, 5.74) is 1.44. The molecule has 0 radical (unpaired) electrons. The fourth-order valence-corrected chi connectivity index (χ4v) is 2.10. The Morgan fingerprint density at radius 1 is 1.29 bits per heavy atom. The molecule has 1 aromatic heterocycles. The summed E-state index contributed by atoms with van der Waals surface area (Å²) in [6.07, 6.45) is 1.50. The number of rotatable bonds is 3. The number of hydrogen-bond acceptors (Lipinski definition) is 3. The van der Waals surface area contributed by atoms with Crippen molar-refractivity contribution in [3.05, 3.63) is 41.8 Å².